The van der Waals surface area contributed by atoms with E-state index in [4.69, 9.17) is 4.74 Å². The Bertz CT molecular complexity index is 1230. The third-order valence-electron chi connectivity index (χ3n) is 9.58. The second kappa shape index (κ2) is 8.01. The number of aliphatic hydroxyl groups is 1. The van der Waals surface area contributed by atoms with Crippen molar-refractivity contribution in [2.24, 2.45) is 28.6 Å². The van der Waals surface area contributed by atoms with Gasteiger partial charge < -0.3 is 9.84 Å². The summed E-state index contributed by atoms with van der Waals surface area (Å²) < 4.78 is 42.6. The average molecular weight is 539 g/mol. The first-order valence-electron chi connectivity index (χ1n) is 12.0. The molecule has 1 aromatic rings. The molecule has 3 saturated carbocycles. The maximum atomic E-state index is 17.3. The zero-order valence-electron chi connectivity index (χ0n) is 20.3. The van der Waals surface area contributed by atoms with Gasteiger partial charge in [-0.05, 0) is 68.3 Å². The molecule has 9 atom stereocenters. The van der Waals surface area contributed by atoms with Gasteiger partial charge in [-0.15, -0.1) is 17.7 Å². The first kappa shape index (κ1) is 25.7. The van der Waals surface area contributed by atoms with E-state index in [1.807, 2.05) is 0 Å². The summed E-state index contributed by atoms with van der Waals surface area (Å²) in [5, 5.41) is 14.6. The highest BCUT2D eigenvalue weighted by Gasteiger charge is 2.78. The van der Waals surface area contributed by atoms with Crippen molar-refractivity contribution in [3.8, 4) is 0 Å². The van der Waals surface area contributed by atoms with Crippen LogP contribution in [0, 0.1) is 35.5 Å². The van der Waals surface area contributed by atoms with Crippen LogP contribution in [0.4, 0.5) is 8.78 Å². The molecule has 1 heterocycles. The zero-order chi connectivity index (χ0) is 26.4. The third-order valence-corrected chi connectivity index (χ3v) is 10.7. The highest BCUT2D eigenvalue weighted by Crippen LogP contribution is 2.71. The predicted octanol–water partition coefficient (Wildman–Crippen LogP) is 3.76. The number of aromatic nitrogens is 2. The van der Waals surface area contributed by atoms with Gasteiger partial charge in [0.2, 0.25) is 5.12 Å². The Hall–Kier alpha value is -1.98. The molecule has 3 fully saturated rings. The Morgan fingerprint density at radius 3 is 2.58 bits per heavy atom. The number of nitrogens with zero attached hydrogens (tertiary/aromatic N) is 2. The summed E-state index contributed by atoms with van der Waals surface area (Å²) in [6.07, 6.45) is 0.292. The van der Waals surface area contributed by atoms with Crippen LogP contribution < -0.4 is 0 Å². The Morgan fingerprint density at radius 1 is 1.28 bits per heavy atom. The standard InChI is InChI=1S/C25H28F2N2O5S2/c1-11-7-14-15-9-17(26)16-8-13(30)5-6-22(16,3)24(15,27)18(31)10-23(14,4)25(11,21(33)35)34-20(32)19-12(2)28-29-36-19/h5-6,8,11,14-15,17-18,31H,7,9-10H2,1-4H3,(H,33,35)/t11?,14-,15-,17?,18?,22-,23-,24?,25?/m0/s1. The van der Waals surface area contributed by atoms with Gasteiger partial charge in [0, 0.05) is 22.7 Å². The summed E-state index contributed by atoms with van der Waals surface area (Å²) in [5.41, 5.74) is -6.45. The first-order valence-corrected chi connectivity index (χ1v) is 13.2. The SMILES string of the molecule is Cc1nnsc1C(=O)OC1(C(=O)S)C(C)C[C@H]2[C@@H]3CC(F)C4=CC(=O)C=C[C@]4(C)C3(F)C(O)C[C@@]21C. The van der Waals surface area contributed by atoms with Crippen molar-refractivity contribution in [2.75, 3.05) is 0 Å². The van der Waals surface area contributed by atoms with E-state index in [2.05, 4.69) is 22.2 Å². The number of fused-ring (bicyclic) bond motifs is 5. The minimum absolute atomic E-state index is 0.0265. The molecule has 0 amide bonds. The van der Waals surface area contributed by atoms with Crippen molar-refractivity contribution >= 4 is 41.0 Å². The van der Waals surface area contributed by atoms with Crippen LogP contribution in [0.2, 0.25) is 0 Å². The van der Waals surface area contributed by atoms with Crippen molar-refractivity contribution < 1.29 is 33.0 Å². The summed E-state index contributed by atoms with van der Waals surface area (Å²) >= 11 is 4.98. The quantitative estimate of drug-likeness (QED) is 0.446. The minimum Gasteiger partial charge on any atom is -0.445 e. The molecule has 0 aliphatic heterocycles. The number of ether oxygens (including phenoxy) is 1. The van der Waals surface area contributed by atoms with Crippen LogP contribution in [0.1, 0.15) is 55.4 Å². The van der Waals surface area contributed by atoms with E-state index in [0.717, 1.165) is 17.6 Å². The van der Waals surface area contributed by atoms with Gasteiger partial charge in [-0.1, -0.05) is 24.4 Å². The Balaban J connectivity index is 1.62. The normalized spacial score (nSPS) is 45.4. The van der Waals surface area contributed by atoms with Crippen LogP contribution in [0.25, 0.3) is 0 Å². The molecular weight excluding hydrogens is 510 g/mol. The number of thiol groups is 1. The first-order chi connectivity index (χ1) is 16.7. The molecular formula is C25H28F2N2O5S2. The number of aryl methyl sites for hydroxylation is 1. The van der Waals surface area contributed by atoms with Crippen molar-refractivity contribution in [1.29, 1.82) is 0 Å². The van der Waals surface area contributed by atoms with Gasteiger partial charge in [0.15, 0.2) is 21.9 Å². The number of aliphatic hydroxyl groups excluding tert-OH is 1. The van der Waals surface area contributed by atoms with Crippen LogP contribution in [-0.4, -0.2) is 55.1 Å². The van der Waals surface area contributed by atoms with Gasteiger partial charge in [-0.3, -0.25) is 9.59 Å². The molecule has 11 heteroatoms. The number of carbonyl (C=O) groups is 3. The molecule has 0 spiro atoms. The van der Waals surface area contributed by atoms with Crippen molar-refractivity contribution in [3.63, 3.8) is 0 Å². The smallest absolute Gasteiger partial charge is 0.352 e. The van der Waals surface area contributed by atoms with E-state index >= 15 is 8.78 Å². The molecule has 36 heavy (non-hydrogen) atoms. The maximum absolute atomic E-state index is 17.3. The fourth-order valence-corrected chi connectivity index (χ4v) is 8.91. The lowest BCUT2D eigenvalue weighted by molar-refractivity contribution is -0.221. The van der Waals surface area contributed by atoms with Gasteiger partial charge in [-0.25, -0.2) is 13.6 Å². The number of carbonyl (C=O) groups excluding carboxylic acids is 3. The summed E-state index contributed by atoms with van der Waals surface area (Å²) in [6.45, 7) is 6.54. The summed E-state index contributed by atoms with van der Waals surface area (Å²) in [4.78, 5) is 38.5. The lowest BCUT2D eigenvalue weighted by Crippen LogP contribution is -2.70. The molecule has 4 aliphatic carbocycles. The second-order valence-electron chi connectivity index (χ2n) is 11.1. The van der Waals surface area contributed by atoms with Gasteiger partial charge in [-0.2, -0.15) is 0 Å². The molecule has 1 N–H and O–H groups in total. The van der Waals surface area contributed by atoms with E-state index in [9.17, 15) is 19.5 Å². The molecule has 194 valence electrons. The Labute approximate surface area is 216 Å². The fraction of sp³-hybridized carbons (Fsp3) is 0.640. The van der Waals surface area contributed by atoms with Gasteiger partial charge >= 0.3 is 5.97 Å². The molecule has 1 aromatic heterocycles. The monoisotopic (exact) mass is 538 g/mol. The number of ketones is 1. The Kier molecular flexibility index (Phi) is 5.71. The summed E-state index contributed by atoms with van der Waals surface area (Å²) in [7, 11) is 0. The second-order valence-corrected chi connectivity index (χ2v) is 12.3. The van der Waals surface area contributed by atoms with Crippen molar-refractivity contribution in [3.05, 3.63) is 34.4 Å². The van der Waals surface area contributed by atoms with Gasteiger partial charge in [0.1, 0.15) is 6.17 Å². The van der Waals surface area contributed by atoms with Gasteiger partial charge in [0.05, 0.1) is 11.8 Å². The van der Waals surface area contributed by atoms with Crippen LogP contribution in [0.5, 0.6) is 0 Å². The topological polar surface area (TPSA) is 106 Å². The van der Waals surface area contributed by atoms with E-state index in [1.165, 1.54) is 19.1 Å². The largest absolute Gasteiger partial charge is 0.445 e. The number of hydrogen-bond acceptors (Lipinski definition) is 8. The molecule has 5 rings (SSSR count). The average Bonchev–Trinajstić information content (AvgIpc) is 3.32. The van der Waals surface area contributed by atoms with Crippen molar-refractivity contribution in [2.45, 2.75) is 70.5 Å². The number of hydrogen-bond donors (Lipinski definition) is 2. The minimum atomic E-state index is -2.29. The van der Waals surface area contributed by atoms with Crippen LogP contribution >= 0.6 is 24.2 Å². The molecule has 7 nitrogen and oxygen atoms in total. The van der Waals surface area contributed by atoms with Gasteiger partial charge in [0.25, 0.3) is 0 Å². The van der Waals surface area contributed by atoms with E-state index in [-0.39, 0.29) is 29.7 Å². The molecule has 0 saturated heterocycles. The highest BCUT2D eigenvalue weighted by molar-refractivity contribution is 7.96. The zero-order valence-corrected chi connectivity index (χ0v) is 22.0. The lowest BCUT2D eigenvalue weighted by atomic mass is 9.44. The summed E-state index contributed by atoms with van der Waals surface area (Å²) in [6, 6.07) is 0. The van der Waals surface area contributed by atoms with E-state index in [1.54, 1.807) is 20.8 Å². The molecule has 0 radical (unpaired) electrons. The van der Waals surface area contributed by atoms with E-state index < -0.39 is 69.0 Å². The molecule has 5 unspecified atom stereocenters. The number of allylic oxidation sites excluding steroid dienone is 4. The molecule has 0 bridgehead atoms. The predicted molar refractivity (Wildman–Crippen MR) is 130 cm³/mol. The molecule has 4 aliphatic rings. The number of halogens is 2. The van der Waals surface area contributed by atoms with Crippen LogP contribution in [0.15, 0.2) is 23.8 Å². The number of esters is 1. The summed E-state index contributed by atoms with van der Waals surface area (Å²) in [5.74, 6) is -3.39. The lowest BCUT2D eigenvalue weighted by Gasteiger charge is -2.63. The number of rotatable bonds is 3. The fourth-order valence-electron chi connectivity index (χ4n) is 7.85. The van der Waals surface area contributed by atoms with E-state index in [0.29, 0.717) is 5.69 Å². The molecule has 0 aromatic carbocycles. The van der Waals surface area contributed by atoms with Crippen molar-refractivity contribution in [1.82, 2.24) is 9.59 Å². The van der Waals surface area contributed by atoms with Crippen LogP contribution in [0.3, 0.4) is 0 Å². The Morgan fingerprint density at radius 2 is 1.97 bits per heavy atom. The highest BCUT2D eigenvalue weighted by atomic mass is 32.1. The number of alkyl halides is 2. The third kappa shape index (κ3) is 2.96. The van der Waals surface area contributed by atoms with Crippen LogP contribution in [-0.2, 0) is 14.3 Å². The maximum Gasteiger partial charge on any atom is 0.352 e.